The molecule has 2 N–H and O–H groups in total. The van der Waals surface area contributed by atoms with Gasteiger partial charge in [0, 0.05) is 5.69 Å². The van der Waals surface area contributed by atoms with Crippen molar-refractivity contribution in [3.05, 3.63) is 56.5 Å². The van der Waals surface area contributed by atoms with E-state index < -0.39 is 28.6 Å². The Balaban J connectivity index is 1.95. The lowest BCUT2D eigenvalue weighted by atomic mass is 10.2. The molecule has 0 radical (unpaired) electrons. The van der Waals surface area contributed by atoms with Gasteiger partial charge in [-0.25, -0.2) is 0 Å². The summed E-state index contributed by atoms with van der Waals surface area (Å²) in [6.07, 6.45) is -4.65. The molecule has 2 amide bonds. The number of hydrogen-bond acceptors (Lipinski definition) is 3. The summed E-state index contributed by atoms with van der Waals surface area (Å²) >= 11 is 17.7. The Morgan fingerprint density at radius 1 is 0.967 bits per heavy atom. The monoisotopic (exact) mass is 481 g/mol. The molecule has 0 atom stereocenters. The van der Waals surface area contributed by atoms with E-state index in [2.05, 4.69) is 10.6 Å². The fourth-order valence-electron chi connectivity index (χ4n) is 2.52. The first-order chi connectivity index (χ1) is 13.9. The van der Waals surface area contributed by atoms with Crippen LogP contribution >= 0.6 is 34.8 Å². The van der Waals surface area contributed by atoms with Crippen LogP contribution in [0.5, 0.6) is 0 Å². The second-order valence-corrected chi connectivity index (χ2v) is 7.71. The molecule has 0 heterocycles. The highest BCUT2D eigenvalue weighted by Crippen LogP contribution is 2.36. The molecule has 0 spiro atoms. The van der Waals surface area contributed by atoms with Gasteiger partial charge in [0.1, 0.15) is 0 Å². The molecule has 0 saturated carbocycles. The summed E-state index contributed by atoms with van der Waals surface area (Å²) in [7, 11) is 1.50. The Bertz CT molecular complexity index is 968. The van der Waals surface area contributed by atoms with Gasteiger partial charge in [-0.3, -0.25) is 14.5 Å². The van der Waals surface area contributed by atoms with E-state index in [4.69, 9.17) is 34.8 Å². The zero-order valence-corrected chi connectivity index (χ0v) is 18.1. The molecule has 0 unspecified atom stereocenters. The van der Waals surface area contributed by atoms with Gasteiger partial charge in [0.25, 0.3) is 0 Å². The van der Waals surface area contributed by atoms with Gasteiger partial charge in [0.2, 0.25) is 11.8 Å². The zero-order chi connectivity index (χ0) is 22.6. The number of hydrogen-bond donors (Lipinski definition) is 2. The molecule has 11 heteroatoms. The lowest BCUT2D eigenvalue weighted by molar-refractivity contribution is -0.137. The number of nitrogens with zero attached hydrogens (tertiary/aromatic N) is 1. The Morgan fingerprint density at radius 3 is 2.13 bits per heavy atom. The largest absolute Gasteiger partial charge is 0.417 e. The van der Waals surface area contributed by atoms with Crippen LogP contribution < -0.4 is 10.6 Å². The predicted octanol–water partition coefficient (Wildman–Crippen LogP) is 5.48. The van der Waals surface area contributed by atoms with Gasteiger partial charge in [0.05, 0.1) is 39.4 Å². The number of carbonyl (C=O) groups is 2. The highest BCUT2D eigenvalue weighted by atomic mass is 35.5. The number of carbonyl (C=O) groups excluding carboxylic acids is 2. The summed E-state index contributed by atoms with van der Waals surface area (Å²) in [5.41, 5.74) is -0.123. The highest BCUT2D eigenvalue weighted by molar-refractivity contribution is 6.40. The van der Waals surface area contributed by atoms with Crippen LogP contribution in [0.1, 0.15) is 11.1 Å². The van der Waals surface area contributed by atoms with Crippen LogP contribution in [-0.4, -0.2) is 36.9 Å². The molecule has 2 rings (SSSR count). The molecule has 0 saturated heterocycles. The van der Waals surface area contributed by atoms with Gasteiger partial charge in [-0.2, -0.15) is 13.2 Å². The molecule has 0 fully saturated rings. The molecule has 2 aromatic rings. The first kappa shape index (κ1) is 24.3. The van der Waals surface area contributed by atoms with Gasteiger partial charge in [-0.15, -0.1) is 0 Å². The van der Waals surface area contributed by atoms with Crippen LogP contribution in [0.25, 0.3) is 0 Å². The maximum atomic E-state index is 12.9. The van der Waals surface area contributed by atoms with E-state index in [-0.39, 0.29) is 29.5 Å². The predicted molar refractivity (Wildman–Crippen MR) is 112 cm³/mol. The van der Waals surface area contributed by atoms with Crippen molar-refractivity contribution in [1.29, 1.82) is 0 Å². The number of alkyl halides is 3. The minimum atomic E-state index is -4.65. The summed E-state index contributed by atoms with van der Waals surface area (Å²) in [6, 6.07) is 6.35. The molecule has 0 aliphatic carbocycles. The molecular formula is C19H17Cl3F3N3O2. The molecule has 2 aromatic carbocycles. The van der Waals surface area contributed by atoms with Crippen molar-refractivity contribution in [2.75, 3.05) is 30.8 Å². The van der Waals surface area contributed by atoms with Gasteiger partial charge in [-0.05, 0) is 43.8 Å². The molecule has 162 valence electrons. The average molecular weight is 483 g/mol. The van der Waals surface area contributed by atoms with Gasteiger partial charge >= 0.3 is 6.18 Å². The third-order valence-corrected chi connectivity index (χ3v) is 5.06. The minimum Gasteiger partial charge on any atom is -0.325 e. The van der Waals surface area contributed by atoms with Crippen molar-refractivity contribution in [2.24, 2.45) is 0 Å². The number of aryl methyl sites for hydroxylation is 1. The Hall–Kier alpha value is -2.00. The van der Waals surface area contributed by atoms with Crippen LogP contribution in [-0.2, 0) is 15.8 Å². The fourth-order valence-corrected chi connectivity index (χ4v) is 3.21. The number of amides is 2. The normalized spacial score (nSPS) is 11.5. The van der Waals surface area contributed by atoms with Gasteiger partial charge < -0.3 is 10.6 Å². The Morgan fingerprint density at radius 2 is 1.53 bits per heavy atom. The van der Waals surface area contributed by atoms with E-state index in [9.17, 15) is 22.8 Å². The molecule has 0 bridgehead atoms. The van der Waals surface area contributed by atoms with Crippen LogP contribution in [0, 0.1) is 6.92 Å². The van der Waals surface area contributed by atoms with E-state index in [1.165, 1.54) is 18.0 Å². The fraction of sp³-hybridized carbons (Fsp3) is 0.263. The summed E-state index contributed by atoms with van der Waals surface area (Å²) < 4.78 is 38.7. The van der Waals surface area contributed by atoms with Crippen LogP contribution in [0.15, 0.2) is 30.3 Å². The second-order valence-electron chi connectivity index (χ2n) is 6.51. The summed E-state index contributed by atoms with van der Waals surface area (Å²) in [5.74, 6) is -1.07. The topological polar surface area (TPSA) is 61.4 Å². The van der Waals surface area contributed by atoms with Crippen LogP contribution in [0.3, 0.4) is 0 Å². The number of likely N-dealkylation sites (N-methyl/N-ethyl adjacent to an activating group) is 1. The standard InChI is InChI=1S/C19H17Cl3F3N3O2/c1-10-3-5-14(21)18(17(10)22)27-16(30)9-28(2)8-15(29)26-11-4-6-13(20)12(7-11)19(23,24)25/h3-7H,8-9H2,1-2H3,(H,26,29)(H,27,30). The van der Waals surface area contributed by atoms with E-state index in [1.807, 2.05) is 0 Å². The molecule has 5 nitrogen and oxygen atoms in total. The van der Waals surface area contributed by atoms with Crippen LogP contribution in [0.4, 0.5) is 24.5 Å². The van der Waals surface area contributed by atoms with Crippen molar-refractivity contribution in [3.63, 3.8) is 0 Å². The third-order valence-electron chi connectivity index (χ3n) is 3.93. The van der Waals surface area contributed by atoms with Gasteiger partial charge in [-0.1, -0.05) is 40.9 Å². The Labute approximate surface area is 186 Å². The number of halogens is 6. The summed E-state index contributed by atoms with van der Waals surface area (Å²) in [5, 5.41) is 5.04. The van der Waals surface area contributed by atoms with Crippen molar-refractivity contribution in [1.82, 2.24) is 4.90 Å². The van der Waals surface area contributed by atoms with Gasteiger partial charge in [0.15, 0.2) is 0 Å². The number of rotatable bonds is 6. The smallest absolute Gasteiger partial charge is 0.325 e. The van der Waals surface area contributed by atoms with E-state index in [1.54, 1.807) is 19.1 Å². The molecule has 0 aliphatic heterocycles. The summed E-state index contributed by atoms with van der Waals surface area (Å²) in [6.45, 7) is 1.33. The van der Waals surface area contributed by atoms with Crippen molar-refractivity contribution < 1.29 is 22.8 Å². The average Bonchev–Trinajstić information content (AvgIpc) is 2.62. The molecule has 0 aliphatic rings. The zero-order valence-electron chi connectivity index (χ0n) is 15.8. The maximum absolute atomic E-state index is 12.9. The molecule has 30 heavy (non-hydrogen) atoms. The number of benzene rings is 2. The summed E-state index contributed by atoms with van der Waals surface area (Å²) in [4.78, 5) is 25.7. The van der Waals surface area contributed by atoms with Crippen LogP contribution in [0.2, 0.25) is 15.1 Å². The first-order valence-electron chi connectivity index (χ1n) is 8.48. The molecule has 0 aromatic heterocycles. The first-order valence-corrected chi connectivity index (χ1v) is 9.61. The quantitative estimate of drug-likeness (QED) is 0.573. The van der Waals surface area contributed by atoms with E-state index in [0.717, 1.165) is 17.7 Å². The minimum absolute atomic E-state index is 0.0621. The number of nitrogens with one attached hydrogen (secondary N) is 2. The van der Waals surface area contributed by atoms with Crippen molar-refractivity contribution in [2.45, 2.75) is 13.1 Å². The SMILES string of the molecule is Cc1ccc(Cl)c(NC(=O)CN(C)CC(=O)Nc2ccc(Cl)c(C(F)(F)F)c2)c1Cl. The molecular weight excluding hydrogens is 466 g/mol. The van der Waals surface area contributed by atoms with Crippen molar-refractivity contribution >= 4 is 58.0 Å². The lowest BCUT2D eigenvalue weighted by Crippen LogP contribution is -2.36. The highest BCUT2D eigenvalue weighted by Gasteiger charge is 2.33. The Kier molecular flexibility index (Phi) is 7.99. The van der Waals surface area contributed by atoms with E-state index in [0.29, 0.717) is 5.02 Å². The van der Waals surface area contributed by atoms with E-state index >= 15 is 0 Å². The third kappa shape index (κ3) is 6.50. The number of anilines is 2. The van der Waals surface area contributed by atoms with Crippen molar-refractivity contribution in [3.8, 4) is 0 Å². The lowest BCUT2D eigenvalue weighted by Gasteiger charge is -2.17. The maximum Gasteiger partial charge on any atom is 0.417 e. The second kappa shape index (κ2) is 9.87.